The highest BCUT2D eigenvalue weighted by Crippen LogP contribution is 2.15. The van der Waals surface area contributed by atoms with Crippen LogP contribution in [0.5, 0.6) is 5.75 Å². The number of amides is 1. The number of aromatic hydroxyl groups is 1. The van der Waals surface area contributed by atoms with Gasteiger partial charge in [-0.2, -0.15) is 0 Å². The summed E-state index contributed by atoms with van der Waals surface area (Å²) in [6, 6.07) is 12.4. The highest BCUT2D eigenvalue weighted by atomic mass is 19.1. The Morgan fingerprint density at radius 1 is 1.20 bits per heavy atom. The molecule has 0 aliphatic carbocycles. The maximum Gasteiger partial charge on any atom is 0.255 e. The molecule has 0 spiro atoms. The van der Waals surface area contributed by atoms with Crippen LogP contribution < -0.4 is 5.32 Å². The van der Waals surface area contributed by atoms with Crippen LogP contribution in [0.3, 0.4) is 0 Å². The zero-order valence-corrected chi connectivity index (χ0v) is 11.1. The van der Waals surface area contributed by atoms with Crippen molar-refractivity contribution in [2.75, 3.05) is 0 Å². The third-order valence-corrected chi connectivity index (χ3v) is 2.98. The Hall–Kier alpha value is -2.36. The molecule has 20 heavy (non-hydrogen) atoms. The first-order valence-corrected chi connectivity index (χ1v) is 6.39. The third-order valence-electron chi connectivity index (χ3n) is 2.98. The average molecular weight is 273 g/mol. The van der Waals surface area contributed by atoms with Gasteiger partial charge in [-0.25, -0.2) is 4.39 Å². The molecule has 1 amide bonds. The molecule has 0 heterocycles. The molecule has 104 valence electrons. The van der Waals surface area contributed by atoms with Crippen LogP contribution in [0.4, 0.5) is 4.39 Å². The molecule has 1 unspecified atom stereocenters. The Morgan fingerprint density at radius 2 is 1.85 bits per heavy atom. The topological polar surface area (TPSA) is 49.3 Å². The fourth-order valence-corrected chi connectivity index (χ4v) is 1.99. The molecule has 2 aromatic rings. The van der Waals surface area contributed by atoms with Crippen LogP contribution in [0, 0.1) is 5.82 Å². The molecule has 2 rings (SSSR count). The second kappa shape index (κ2) is 6.19. The number of hydrogen-bond acceptors (Lipinski definition) is 2. The van der Waals surface area contributed by atoms with Crippen LogP contribution in [0.25, 0.3) is 0 Å². The summed E-state index contributed by atoms with van der Waals surface area (Å²) in [5.74, 6) is -0.642. The summed E-state index contributed by atoms with van der Waals surface area (Å²) in [4.78, 5) is 12.0. The van der Waals surface area contributed by atoms with Crippen LogP contribution >= 0.6 is 0 Å². The molecule has 0 fully saturated rings. The summed E-state index contributed by atoms with van der Waals surface area (Å²) in [5.41, 5.74) is 1.19. The smallest absolute Gasteiger partial charge is 0.255 e. The van der Waals surface area contributed by atoms with Crippen molar-refractivity contribution in [3.63, 3.8) is 0 Å². The van der Waals surface area contributed by atoms with Gasteiger partial charge in [0.05, 0.1) is 5.56 Å². The predicted molar refractivity (Wildman–Crippen MR) is 75.1 cm³/mol. The number of benzene rings is 2. The molecule has 1 atom stereocenters. The lowest BCUT2D eigenvalue weighted by atomic mass is 10.1. The molecular weight excluding hydrogens is 257 g/mol. The Bertz CT molecular complexity index is 596. The second-order valence-corrected chi connectivity index (χ2v) is 4.72. The van der Waals surface area contributed by atoms with Crippen molar-refractivity contribution >= 4 is 5.91 Å². The molecule has 0 aromatic heterocycles. The highest BCUT2D eigenvalue weighted by Gasteiger charge is 2.13. The minimum absolute atomic E-state index is 0.0426. The highest BCUT2D eigenvalue weighted by molar-refractivity contribution is 5.96. The standard InChI is InChI=1S/C16H16FNO2/c1-11(10-12-6-8-13(17)9-7-12)18-16(20)14-4-2-3-5-15(14)19/h2-9,11,19H,10H2,1H3,(H,18,20). The van der Waals surface area contributed by atoms with Gasteiger partial charge < -0.3 is 10.4 Å². The number of phenols is 1. The molecule has 0 aliphatic heterocycles. The van der Waals surface area contributed by atoms with Crippen molar-refractivity contribution in [2.45, 2.75) is 19.4 Å². The van der Waals surface area contributed by atoms with E-state index in [0.29, 0.717) is 6.42 Å². The fraction of sp³-hybridized carbons (Fsp3) is 0.188. The quantitative estimate of drug-likeness (QED) is 0.900. The number of hydrogen-bond donors (Lipinski definition) is 2. The Balaban J connectivity index is 1.98. The minimum atomic E-state index is -0.322. The monoisotopic (exact) mass is 273 g/mol. The minimum Gasteiger partial charge on any atom is -0.507 e. The first-order chi connectivity index (χ1) is 9.56. The van der Waals surface area contributed by atoms with Gasteiger partial charge in [0.15, 0.2) is 0 Å². The number of carbonyl (C=O) groups excluding carboxylic acids is 1. The van der Waals surface area contributed by atoms with Crippen LogP contribution in [-0.2, 0) is 6.42 Å². The summed E-state index contributed by atoms with van der Waals surface area (Å²) >= 11 is 0. The average Bonchev–Trinajstić information content (AvgIpc) is 2.41. The Morgan fingerprint density at radius 3 is 2.50 bits per heavy atom. The SMILES string of the molecule is CC(Cc1ccc(F)cc1)NC(=O)c1ccccc1O. The molecule has 3 nitrogen and oxygen atoms in total. The lowest BCUT2D eigenvalue weighted by Crippen LogP contribution is -2.34. The number of nitrogens with one attached hydrogen (secondary N) is 1. The number of para-hydroxylation sites is 1. The van der Waals surface area contributed by atoms with Gasteiger partial charge in [-0.1, -0.05) is 24.3 Å². The Labute approximate surface area is 117 Å². The summed E-state index contributed by atoms with van der Waals surface area (Å²) in [5, 5.41) is 12.4. The van der Waals surface area contributed by atoms with Gasteiger partial charge in [-0.3, -0.25) is 4.79 Å². The largest absolute Gasteiger partial charge is 0.507 e. The molecule has 2 N–H and O–H groups in total. The van der Waals surface area contributed by atoms with Gasteiger partial charge in [0, 0.05) is 6.04 Å². The van der Waals surface area contributed by atoms with Crippen LogP contribution in [0.2, 0.25) is 0 Å². The maximum atomic E-state index is 12.8. The van der Waals surface area contributed by atoms with Crippen molar-refractivity contribution in [2.24, 2.45) is 0 Å². The predicted octanol–water partition coefficient (Wildman–Crippen LogP) is 2.89. The van der Waals surface area contributed by atoms with E-state index in [2.05, 4.69) is 5.32 Å². The molecule has 0 radical (unpaired) electrons. The first kappa shape index (κ1) is 14.1. The number of halogens is 1. The summed E-state index contributed by atoms with van der Waals surface area (Å²) in [6.45, 7) is 1.86. The molecular formula is C16H16FNO2. The number of rotatable bonds is 4. The first-order valence-electron chi connectivity index (χ1n) is 6.39. The molecule has 0 aliphatic rings. The van der Waals surface area contributed by atoms with E-state index in [-0.39, 0.29) is 29.1 Å². The van der Waals surface area contributed by atoms with Gasteiger partial charge >= 0.3 is 0 Å². The van der Waals surface area contributed by atoms with Crippen molar-refractivity contribution in [1.29, 1.82) is 0 Å². The van der Waals surface area contributed by atoms with Crippen molar-refractivity contribution in [3.05, 3.63) is 65.5 Å². The molecule has 0 saturated heterocycles. The lowest BCUT2D eigenvalue weighted by molar-refractivity contribution is 0.0937. The van der Waals surface area contributed by atoms with Crippen LogP contribution in [0.1, 0.15) is 22.8 Å². The van der Waals surface area contributed by atoms with Gasteiger partial charge in [0.2, 0.25) is 0 Å². The van der Waals surface area contributed by atoms with E-state index in [4.69, 9.17) is 0 Å². The summed E-state index contributed by atoms with van der Waals surface area (Å²) in [7, 11) is 0. The van der Waals surface area contributed by atoms with Gasteiger partial charge in [0.25, 0.3) is 5.91 Å². The van der Waals surface area contributed by atoms with E-state index in [1.54, 1.807) is 30.3 Å². The molecule has 0 saturated carbocycles. The lowest BCUT2D eigenvalue weighted by Gasteiger charge is -2.14. The summed E-state index contributed by atoms with van der Waals surface area (Å²) < 4.78 is 12.8. The normalized spacial score (nSPS) is 11.9. The van der Waals surface area contributed by atoms with Gasteiger partial charge in [0.1, 0.15) is 11.6 Å². The number of phenolic OH excluding ortho intramolecular Hbond substituents is 1. The number of carbonyl (C=O) groups is 1. The Kier molecular flexibility index (Phi) is 4.35. The molecule has 4 heteroatoms. The third kappa shape index (κ3) is 3.57. The molecule has 2 aromatic carbocycles. The van der Waals surface area contributed by atoms with Crippen molar-refractivity contribution < 1.29 is 14.3 Å². The second-order valence-electron chi connectivity index (χ2n) is 4.72. The van der Waals surface area contributed by atoms with Crippen LogP contribution in [-0.4, -0.2) is 17.1 Å². The fourth-order valence-electron chi connectivity index (χ4n) is 1.99. The maximum absolute atomic E-state index is 12.8. The van der Waals surface area contributed by atoms with E-state index in [9.17, 15) is 14.3 Å². The van der Waals surface area contributed by atoms with Crippen LogP contribution in [0.15, 0.2) is 48.5 Å². The van der Waals surface area contributed by atoms with E-state index in [0.717, 1.165) is 5.56 Å². The zero-order chi connectivity index (χ0) is 14.5. The van der Waals surface area contributed by atoms with Gasteiger partial charge in [-0.15, -0.1) is 0 Å². The summed E-state index contributed by atoms with van der Waals surface area (Å²) in [6.07, 6.45) is 0.597. The van der Waals surface area contributed by atoms with Crippen molar-refractivity contribution in [3.8, 4) is 5.75 Å². The van der Waals surface area contributed by atoms with E-state index in [1.807, 2.05) is 6.92 Å². The zero-order valence-electron chi connectivity index (χ0n) is 11.1. The van der Waals surface area contributed by atoms with E-state index < -0.39 is 0 Å². The van der Waals surface area contributed by atoms with E-state index >= 15 is 0 Å². The van der Waals surface area contributed by atoms with E-state index in [1.165, 1.54) is 18.2 Å². The van der Waals surface area contributed by atoms with Gasteiger partial charge in [-0.05, 0) is 43.2 Å². The van der Waals surface area contributed by atoms with Crippen molar-refractivity contribution in [1.82, 2.24) is 5.32 Å². The molecule has 0 bridgehead atoms.